The van der Waals surface area contributed by atoms with E-state index in [1.54, 1.807) is 0 Å². The van der Waals surface area contributed by atoms with Crippen LogP contribution in [0.4, 0.5) is 4.79 Å². The van der Waals surface area contributed by atoms with E-state index in [1.807, 2.05) is 11.8 Å². The first-order chi connectivity index (χ1) is 6.33. The van der Waals surface area contributed by atoms with Gasteiger partial charge in [-0.1, -0.05) is 20.8 Å². The Morgan fingerprint density at radius 1 is 1.50 bits per heavy atom. The van der Waals surface area contributed by atoms with Gasteiger partial charge in [-0.25, -0.2) is 4.79 Å². The van der Waals surface area contributed by atoms with Crippen molar-refractivity contribution >= 4 is 17.8 Å². The maximum Gasteiger partial charge on any atom is 0.315 e. The number of thioether (sulfide) groups is 1. The highest BCUT2D eigenvalue weighted by molar-refractivity contribution is 8.00. The normalized spacial score (nSPS) is 41.9. The van der Waals surface area contributed by atoms with Crippen LogP contribution >= 0.6 is 11.8 Å². The first-order valence-corrected chi connectivity index (χ1v) is 6.08. The van der Waals surface area contributed by atoms with Crippen LogP contribution < -0.4 is 10.6 Å². The van der Waals surface area contributed by atoms with E-state index >= 15 is 0 Å². The fraction of sp³-hybridized carbons (Fsp3) is 0.900. The number of amides is 2. The third-order valence-electron chi connectivity index (χ3n) is 3.09. The Kier molecular flexibility index (Phi) is 2.04. The molecule has 3 unspecified atom stereocenters. The predicted molar refractivity (Wildman–Crippen MR) is 59.6 cm³/mol. The number of rotatable bonds is 0. The molecule has 2 aliphatic heterocycles. The topological polar surface area (TPSA) is 41.1 Å². The second-order valence-corrected chi connectivity index (χ2v) is 6.72. The van der Waals surface area contributed by atoms with Crippen LogP contribution in [-0.2, 0) is 0 Å². The summed E-state index contributed by atoms with van der Waals surface area (Å²) in [5.41, 5.74) is 0.200. The second kappa shape index (κ2) is 2.81. The molecular formula is C10H18N2OS. The summed E-state index contributed by atoms with van der Waals surface area (Å²) >= 11 is 1.96. The molecule has 0 bridgehead atoms. The summed E-state index contributed by atoms with van der Waals surface area (Å²) in [6.07, 6.45) is 0. The number of fused-ring (bicyclic) bond motifs is 1. The summed E-state index contributed by atoms with van der Waals surface area (Å²) in [6, 6.07) is 0.270. The molecule has 0 aromatic carbocycles. The zero-order valence-corrected chi connectivity index (χ0v) is 9.99. The molecule has 4 heteroatoms. The zero-order valence-electron chi connectivity index (χ0n) is 9.18. The standard InChI is InChI=1S/C10H18N2OS/c1-9(2,3)7-6-10(4,5-14-7)12-8(13)11-6/h6-7H,5H2,1-4H3,(H2,11,12,13). The molecule has 2 rings (SSSR count). The Hall–Kier alpha value is -0.380. The van der Waals surface area contributed by atoms with Crippen molar-refractivity contribution in [2.24, 2.45) is 5.41 Å². The maximum absolute atomic E-state index is 11.3. The molecule has 3 atom stereocenters. The molecule has 2 heterocycles. The highest BCUT2D eigenvalue weighted by Gasteiger charge is 2.54. The zero-order chi connectivity index (χ0) is 10.6. The molecule has 0 spiro atoms. The van der Waals surface area contributed by atoms with Gasteiger partial charge in [0.05, 0.1) is 11.6 Å². The quantitative estimate of drug-likeness (QED) is 0.601. The summed E-state index contributed by atoms with van der Waals surface area (Å²) in [7, 11) is 0. The van der Waals surface area contributed by atoms with E-state index < -0.39 is 0 Å². The van der Waals surface area contributed by atoms with Crippen molar-refractivity contribution in [2.45, 2.75) is 44.5 Å². The van der Waals surface area contributed by atoms with E-state index in [0.717, 1.165) is 5.75 Å². The van der Waals surface area contributed by atoms with Crippen molar-refractivity contribution in [2.75, 3.05) is 5.75 Å². The lowest BCUT2D eigenvalue weighted by Gasteiger charge is -2.32. The maximum atomic E-state index is 11.3. The van der Waals surface area contributed by atoms with Crippen molar-refractivity contribution in [3.05, 3.63) is 0 Å². The van der Waals surface area contributed by atoms with Crippen molar-refractivity contribution in [3.8, 4) is 0 Å². The molecule has 0 aliphatic carbocycles. The van der Waals surface area contributed by atoms with Crippen LogP contribution in [0.2, 0.25) is 0 Å². The molecule has 14 heavy (non-hydrogen) atoms. The molecule has 0 aromatic heterocycles. The Morgan fingerprint density at radius 3 is 2.71 bits per heavy atom. The Bertz CT molecular complexity index is 274. The average Bonchev–Trinajstić information content (AvgIpc) is 2.37. The summed E-state index contributed by atoms with van der Waals surface area (Å²) in [5, 5.41) is 6.57. The average molecular weight is 214 g/mol. The van der Waals surface area contributed by atoms with Gasteiger partial charge >= 0.3 is 6.03 Å². The molecule has 3 nitrogen and oxygen atoms in total. The lowest BCUT2D eigenvalue weighted by molar-refractivity contribution is 0.245. The van der Waals surface area contributed by atoms with Gasteiger partial charge in [-0.05, 0) is 12.3 Å². The van der Waals surface area contributed by atoms with Crippen molar-refractivity contribution in [1.29, 1.82) is 0 Å². The third kappa shape index (κ3) is 1.40. The molecule has 0 saturated carbocycles. The predicted octanol–water partition coefficient (Wildman–Crippen LogP) is 1.59. The van der Waals surface area contributed by atoms with E-state index in [-0.39, 0.29) is 23.0 Å². The van der Waals surface area contributed by atoms with Crippen LogP contribution in [0, 0.1) is 5.41 Å². The van der Waals surface area contributed by atoms with E-state index in [2.05, 4.69) is 38.3 Å². The fourth-order valence-corrected chi connectivity index (χ4v) is 4.16. The van der Waals surface area contributed by atoms with Crippen LogP contribution in [0.15, 0.2) is 0 Å². The highest BCUT2D eigenvalue weighted by Crippen LogP contribution is 2.45. The monoisotopic (exact) mass is 214 g/mol. The van der Waals surface area contributed by atoms with Crippen LogP contribution in [0.3, 0.4) is 0 Å². The molecule has 2 N–H and O–H groups in total. The van der Waals surface area contributed by atoms with Gasteiger partial charge < -0.3 is 10.6 Å². The van der Waals surface area contributed by atoms with Crippen molar-refractivity contribution in [1.82, 2.24) is 10.6 Å². The Labute approximate surface area is 89.4 Å². The minimum atomic E-state index is -0.0420. The van der Waals surface area contributed by atoms with Crippen LogP contribution in [0.5, 0.6) is 0 Å². The first-order valence-electron chi connectivity index (χ1n) is 5.03. The SMILES string of the molecule is CC(C)(C)C1SCC2(C)NC(=O)NC12. The molecule has 2 fully saturated rings. The summed E-state index contributed by atoms with van der Waals surface area (Å²) in [4.78, 5) is 11.3. The van der Waals surface area contributed by atoms with Crippen LogP contribution in [-0.4, -0.2) is 28.6 Å². The largest absolute Gasteiger partial charge is 0.332 e. The first kappa shape index (κ1) is 10.1. The number of carbonyl (C=O) groups is 1. The van der Waals surface area contributed by atoms with Crippen LogP contribution in [0.1, 0.15) is 27.7 Å². The minimum Gasteiger partial charge on any atom is -0.332 e. The van der Waals surface area contributed by atoms with Gasteiger partial charge in [0, 0.05) is 11.0 Å². The van der Waals surface area contributed by atoms with Gasteiger partial charge in [-0.15, -0.1) is 0 Å². The summed E-state index contributed by atoms with van der Waals surface area (Å²) in [6.45, 7) is 8.84. The summed E-state index contributed by atoms with van der Waals surface area (Å²) < 4.78 is 0. The summed E-state index contributed by atoms with van der Waals surface area (Å²) in [5.74, 6) is 1.01. The molecule has 80 valence electrons. The number of hydrogen-bond acceptors (Lipinski definition) is 2. The third-order valence-corrected chi connectivity index (χ3v) is 5.20. The Morgan fingerprint density at radius 2 is 2.14 bits per heavy atom. The molecule has 2 saturated heterocycles. The van der Waals surface area contributed by atoms with Gasteiger partial charge in [0.2, 0.25) is 0 Å². The van der Waals surface area contributed by atoms with E-state index in [1.165, 1.54) is 0 Å². The molecule has 0 aromatic rings. The molecule has 0 radical (unpaired) electrons. The van der Waals surface area contributed by atoms with Crippen molar-refractivity contribution in [3.63, 3.8) is 0 Å². The lowest BCUT2D eigenvalue weighted by atomic mass is 9.81. The number of hydrogen-bond donors (Lipinski definition) is 2. The van der Waals surface area contributed by atoms with Gasteiger partial charge in [0.25, 0.3) is 0 Å². The molecular weight excluding hydrogens is 196 g/mol. The van der Waals surface area contributed by atoms with Crippen molar-refractivity contribution < 1.29 is 4.79 Å². The second-order valence-electron chi connectivity index (χ2n) is 5.59. The van der Waals surface area contributed by atoms with E-state index in [0.29, 0.717) is 5.25 Å². The van der Waals surface area contributed by atoms with Gasteiger partial charge in [0.15, 0.2) is 0 Å². The molecule has 2 amide bonds. The van der Waals surface area contributed by atoms with E-state index in [4.69, 9.17) is 0 Å². The number of nitrogens with one attached hydrogen (secondary N) is 2. The van der Waals surface area contributed by atoms with E-state index in [9.17, 15) is 4.79 Å². The fourth-order valence-electron chi connectivity index (χ4n) is 2.32. The smallest absolute Gasteiger partial charge is 0.315 e. The van der Waals surface area contributed by atoms with Crippen LogP contribution in [0.25, 0.3) is 0 Å². The van der Waals surface area contributed by atoms with Gasteiger partial charge in [-0.2, -0.15) is 11.8 Å². The number of urea groups is 1. The lowest BCUT2D eigenvalue weighted by Crippen LogP contribution is -2.50. The Balaban J connectivity index is 2.23. The number of carbonyl (C=O) groups excluding carboxylic acids is 1. The van der Waals surface area contributed by atoms with Gasteiger partial charge in [-0.3, -0.25) is 0 Å². The van der Waals surface area contributed by atoms with Gasteiger partial charge in [0.1, 0.15) is 0 Å². The highest BCUT2D eigenvalue weighted by atomic mass is 32.2. The minimum absolute atomic E-state index is 0.00736. The molecule has 2 aliphatic rings.